The number of amides is 2. The smallest absolute Gasteiger partial charge is 0.323 e. The number of hydrogen-bond acceptors (Lipinski definition) is 6. The first kappa shape index (κ1) is 18.8. The predicted octanol–water partition coefficient (Wildman–Crippen LogP) is 2.30. The van der Waals surface area contributed by atoms with E-state index >= 15 is 0 Å². The van der Waals surface area contributed by atoms with Gasteiger partial charge in [0.2, 0.25) is 5.95 Å². The Bertz CT molecular complexity index is 827. The first-order valence-corrected chi connectivity index (χ1v) is 8.34. The predicted molar refractivity (Wildman–Crippen MR) is 98.4 cm³/mol. The molecule has 0 spiro atoms. The van der Waals surface area contributed by atoms with Gasteiger partial charge in [-0.2, -0.15) is 4.98 Å². The highest BCUT2D eigenvalue weighted by atomic mass is 19.1. The lowest BCUT2D eigenvalue weighted by atomic mass is 10.3. The van der Waals surface area contributed by atoms with Crippen molar-refractivity contribution in [1.82, 2.24) is 9.97 Å². The Morgan fingerprint density at radius 1 is 1.19 bits per heavy atom. The molecule has 1 aromatic heterocycles. The number of rotatable bonds is 4. The minimum absolute atomic E-state index is 0.259. The summed E-state index contributed by atoms with van der Waals surface area (Å²) in [7, 11) is 3.56. The summed E-state index contributed by atoms with van der Waals surface area (Å²) >= 11 is 0. The molecular formula is C17H20F2N6O2. The van der Waals surface area contributed by atoms with Crippen LogP contribution < -0.4 is 20.4 Å². The summed E-state index contributed by atoms with van der Waals surface area (Å²) < 4.78 is 32.2. The monoisotopic (exact) mass is 378 g/mol. The number of morpholine rings is 1. The summed E-state index contributed by atoms with van der Waals surface area (Å²) in [4.78, 5) is 24.7. The average Bonchev–Trinajstić information content (AvgIpc) is 2.65. The van der Waals surface area contributed by atoms with Crippen molar-refractivity contribution in [2.24, 2.45) is 0 Å². The largest absolute Gasteiger partial charge is 0.378 e. The molecule has 0 aliphatic carbocycles. The molecule has 2 N–H and O–H groups in total. The van der Waals surface area contributed by atoms with E-state index in [9.17, 15) is 13.6 Å². The van der Waals surface area contributed by atoms with Crippen molar-refractivity contribution in [2.75, 3.05) is 60.8 Å². The van der Waals surface area contributed by atoms with Crippen molar-refractivity contribution >= 4 is 29.2 Å². The lowest BCUT2D eigenvalue weighted by molar-refractivity contribution is 0.122. The second-order valence-electron chi connectivity index (χ2n) is 6.10. The van der Waals surface area contributed by atoms with Crippen LogP contribution in [0.25, 0.3) is 0 Å². The molecule has 0 unspecified atom stereocenters. The van der Waals surface area contributed by atoms with E-state index in [0.29, 0.717) is 43.8 Å². The summed E-state index contributed by atoms with van der Waals surface area (Å²) in [6.07, 6.45) is 1.48. The fraction of sp³-hybridized carbons (Fsp3) is 0.353. The molecule has 8 nitrogen and oxygen atoms in total. The maximum Gasteiger partial charge on any atom is 0.323 e. The van der Waals surface area contributed by atoms with Crippen LogP contribution in [-0.2, 0) is 4.74 Å². The average molecular weight is 378 g/mol. The lowest BCUT2D eigenvalue weighted by Crippen LogP contribution is -2.37. The Morgan fingerprint density at radius 3 is 2.59 bits per heavy atom. The number of carbonyl (C=O) groups excluding carboxylic acids is 1. The van der Waals surface area contributed by atoms with Gasteiger partial charge in [0.25, 0.3) is 0 Å². The summed E-state index contributed by atoms with van der Waals surface area (Å²) in [6.45, 7) is 2.56. The Hall–Kier alpha value is -3.01. The van der Waals surface area contributed by atoms with Crippen LogP contribution in [0.3, 0.4) is 0 Å². The van der Waals surface area contributed by atoms with E-state index in [1.165, 1.54) is 6.20 Å². The third-order valence-electron chi connectivity index (χ3n) is 3.90. The zero-order valence-corrected chi connectivity index (χ0v) is 15.0. The molecule has 3 rings (SSSR count). The van der Waals surface area contributed by atoms with Gasteiger partial charge in [-0.05, 0) is 12.1 Å². The zero-order chi connectivity index (χ0) is 19.4. The number of carbonyl (C=O) groups is 1. The van der Waals surface area contributed by atoms with Gasteiger partial charge >= 0.3 is 6.03 Å². The second-order valence-corrected chi connectivity index (χ2v) is 6.10. The molecule has 27 heavy (non-hydrogen) atoms. The molecule has 0 radical (unpaired) electrons. The molecular weight excluding hydrogens is 358 g/mol. The van der Waals surface area contributed by atoms with Crippen LogP contribution in [-0.4, -0.2) is 56.4 Å². The fourth-order valence-electron chi connectivity index (χ4n) is 2.58. The summed E-state index contributed by atoms with van der Waals surface area (Å²) in [5, 5.41) is 4.85. The third kappa shape index (κ3) is 4.59. The first-order chi connectivity index (χ1) is 12.9. The maximum atomic E-state index is 13.7. The molecule has 1 saturated heterocycles. The van der Waals surface area contributed by atoms with Gasteiger partial charge < -0.3 is 25.2 Å². The Morgan fingerprint density at radius 2 is 1.89 bits per heavy atom. The van der Waals surface area contributed by atoms with Crippen LogP contribution >= 0.6 is 0 Å². The Balaban J connectivity index is 1.77. The molecule has 2 heterocycles. The van der Waals surface area contributed by atoms with E-state index < -0.39 is 17.7 Å². The molecule has 144 valence electrons. The maximum absolute atomic E-state index is 13.7. The SMILES string of the molecule is CN(C)c1nc(N2CCOCC2)ncc1NC(=O)Nc1cc(F)ccc1F. The van der Waals surface area contributed by atoms with Crippen LogP contribution in [0.4, 0.5) is 36.7 Å². The molecule has 1 aliphatic heterocycles. The molecule has 2 aromatic rings. The fourth-order valence-corrected chi connectivity index (χ4v) is 2.58. The number of benzene rings is 1. The third-order valence-corrected chi connectivity index (χ3v) is 3.90. The molecule has 2 amide bonds. The van der Waals surface area contributed by atoms with Crippen LogP contribution in [0.2, 0.25) is 0 Å². The number of hydrogen-bond donors (Lipinski definition) is 2. The van der Waals surface area contributed by atoms with Gasteiger partial charge in [-0.15, -0.1) is 0 Å². The van der Waals surface area contributed by atoms with E-state index in [2.05, 4.69) is 20.6 Å². The molecule has 0 atom stereocenters. The van der Waals surface area contributed by atoms with E-state index in [0.717, 1.165) is 18.2 Å². The first-order valence-electron chi connectivity index (χ1n) is 8.34. The molecule has 1 fully saturated rings. The number of ether oxygens (including phenoxy) is 1. The van der Waals surface area contributed by atoms with E-state index in [1.54, 1.807) is 19.0 Å². The van der Waals surface area contributed by atoms with Crippen molar-refractivity contribution in [3.05, 3.63) is 36.0 Å². The van der Waals surface area contributed by atoms with Gasteiger partial charge in [-0.25, -0.2) is 18.6 Å². The van der Waals surface area contributed by atoms with Crippen LogP contribution in [0.1, 0.15) is 0 Å². The standard InChI is InChI=1S/C17H20F2N6O2/c1-24(2)15-14(10-20-16(23-15)25-5-7-27-8-6-25)22-17(26)21-13-9-11(18)3-4-12(13)19/h3-4,9-10H,5-8H2,1-2H3,(H2,21,22,26). The number of aromatic nitrogens is 2. The quantitative estimate of drug-likeness (QED) is 0.850. The lowest BCUT2D eigenvalue weighted by Gasteiger charge is -2.28. The summed E-state index contributed by atoms with van der Waals surface area (Å²) in [5.74, 6) is -0.373. The van der Waals surface area contributed by atoms with Crippen LogP contribution in [0.5, 0.6) is 0 Å². The van der Waals surface area contributed by atoms with Gasteiger partial charge in [0.05, 0.1) is 25.1 Å². The van der Waals surface area contributed by atoms with Crippen molar-refractivity contribution in [3.8, 4) is 0 Å². The minimum Gasteiger partial charge on any atom is -0.378 e. The summed E-state index contributed by atoms with van der Waals surface area (Å²) in [5.41, 5.74) is 0.0797. The molecule has 0 saturated carbocycles. The normalized spacial score (nSPS) is 14.0. The second kappa shape index (κ2) is 8.12. The molecule has 1 aliphatic rings. The zero-order valence-electron chi connectivity index (χ0n) is 15.0. The highest BCUT2D eigenvalue weighted by molar-refractivity contribution is 6.01. The van der Waals surface area contributed by atoms with Crippen molar-refractivity contribution < 1.29 is 18.3 Å². The molecule has 10 heteroatoms. The van der Waals surface area contributed by atoms with Crippen molar-refractivity contribution in [2.45, 2.75) is 0 Å². The van der Waals surface area contributed by atoms with Gasteiger partial charge in [0.15, 0.2) is 5.82 Å². The van der Waals surface area contributed by atoms with Crippen LogP contribution in [0, 0.1) is 11.6 Å². The number of nitrogens with one attached hydrogen (secondary N) is 2. The Kier molecular flexibility index (Phi) is 5.65. The molecule has 0 bridgehead atoms. The topological polar surface area (TPSA) is 82.6 Å². The van der Waals surface area contributed by atoms with Crippen LogP contribution in [0.15, 0.2) is 24.4 Å². The van der Waals surface area contributed by atoms with E-state index in [1.807, 2.05) is 4.90 Å². The van der Waals surface area contributed by atoms with Gasteiger partial charge in [0, 0.05) is 33.3 Å². The number of urea groups is 1. The van der Waals surface area contributed by atoms with Crippen molar-refractivity contribution in [3.63, 3.8) is 0 Å². The van der Waals surface area contributed by atoms with Gasteiger partial charge in [-0.3, -0.25) is 0 Å². The number of nitrogens with zero attached hydrogens (tertiary/aromatic N) is 4. The van der Waals surface area contributed by atoms with E-state index in [4.69, 9.17) is 4.74 Å². The van der Waals surface area contributed by atoms with Crippen molar-refractivity contribution in [1.29, 1.82) is 0 Å². The highest BCUT2D eigenvalue weighted by Crippen LogP contribution is 2.24. The van der Waals surface area contributed by atoms with Gasteiger partial charge in [0.1, 0.15) is 17.3 Å². The summed E-state index contributed by atoms with van der Waals surface area (Å²) in [6, 6.07) is 2.09. The van der Waals surface area contributed by atoms with E-state index in [-0.39, 0.29) is 5.69 Å². The Labute approximate surface area is 155 Å². The molecule has 1 aromatic carbocycles. The number of halogens is 2. The van der Waals surface area contributed by atoms with Gasteiger partial charge in [-0.1, -0.05) is 0 Å². The number of anilines is 4. The minimum atomic E-state index is -0.738. The highest BCUT2D eigenvalue weighted by Gasteiger charge is 2.18.